The van der Waals surface area contributed by atoms with E-state index in [1.165, 1.54) is 5.56 Å². The fraction of sp³-hybridized carbons (Fsp3) is 0.300. The molecule has 0 amide bonds. The van der Waals surface area contributed by atoms with Crippen molar-refractivity contribution < 1.29 is 4.74 Å². The summed E-state index contributed by atoms with van der Waals surface area (Å²) in [6, 6.07) is 13.9. The first-order valence-electron chi connectivity index (χ1n) is 8.64. The summed E-state index contributed by atoms with van der Waals surface area (Å²) in [5, 5.41) is 10.7. The fourth-order valence-corrected chi connectivity index (χ4v) is 3.90. The van der Waals surface area contributed by atoms with Gasteiger partial charge < -0.3 is 9.30 Å². The van der Waals surface area contributed by atoms with Gasteiger partial charge in [-0.3, -0.25) is 0 Å². The van der Waals surface area contributed by atoms with E-state index in [4.69, 9.17) is 27.9 Å². The minimum atomic E-state index is 0.572. The van der Waals surface area contributed by atoms with Crippen molar-refractivity contribution in [2.45, 2.75) is 30.2 Å². The number of hydrogen-bond acceptors (Lipinski definition) is 4. The summed E-state index contributed by atoms with van der Waals surface area (Å²) >= 11 is 13.7. The predicted molar refractivity (Wildman–Crippen MR) is 112 cm³/mol. The minimum absolute atomic E-state index is 0.572. The Kier molecular flexibility index (Phi) is 7.05. The molecule has 0 radical (unpaired) electrons. The second-order valence-electron chi connectivity index (χ2n) is 6.20. The molecule has 0 aliphatic carbocycles. The summed E-state index contributed by atoms with van der Waals surface area (Å²) < 4.78 is 7.26. The lowest BCUT2D eigenvalue weighted by Gasteiger charge is -2.06. The van der Waals surface area contributed by atoms with Gasteiger partial charge in [-0.05, 0) is 48.2 Å². The number of benzene rings is 2. The molecule has 0 aliphatic rings. The number of rotatable bonds is 8. The zero-order valence-corrected chi connectivity index (χ0v) is 17.6. The van der Waals surface area contributed by atoms with E-state index in [1.807, 2.05) is 37.4 Å². The third-order valence-electron chi connectivity index (χ3n) is 4.30. The Hall–Kier alpha value is -1.69. The molecule has 7 heteroatoms. The van der Waals surface area contributed by atoms with E-state index in [0.29, 0.717) is 10.0 Å². The molecule has 0 unspecified atom stereocenters. The van der Waals surface area contributed by atoms with Crippen LogP contribution in [0.5, 0.6) is 5.75 Å². The van der Waals surface area contributed by atoms with Crippen LogP contribution in [0.25, 0.3) is 0 Å². The van der Waals surface area contributed by atoms with Gasteiger partial charge in [-0.1, -0.05) is 53.2 Å². The van der Waals surface area contributed by atoms with Gasteiger partial charge in [0.25, 0.3) is 0 Å². The molecular weight excluding hydrogens is 401 g/mol. The Morgan fingerprint density at radius 1 is 0.963 bits per heavy atom. The van der Waals surface area contributed by atoms with Gasteiger partial charge in [-0.15, -0.1) is 10.2 Å². The lowest BCUT2D eigenvalue weighted by Crippen LogP contribution is -2.00. The van der Waals surface area contributed by atoms with Crippen molar-refractivity contribution in [2.24, 2.45) is 7.05 Å². The van der Waals surface area contributed by atoms with Gasteiger partial charge in [0, 0.05) is 19.2 Å². The Labute approximate surface area is 173 Å². The Morgan fingerprint density at radius 2 is 1.70 bits per heavy atom. The standard InChI is InChI=1S/C20H21Cl2N3OS/c1-25-19(5-3-4-14-6-9-16(26-2)10-7-14)23-24-20(25)27-13-15-8-11-17(21)18(22)12-15/h6-12H,3-5,13H2,1-2H3. The highest BCUT2D eigenvalue weighted by atomic mass is 35.5. The molecule has 142 valence electrons. The fourth-order valence-electron chi connectivity index (χ4n) is 2.71. The van der Waals surface area contributed by atoms with Crippen LogP contribution in [-0.2, 0) is 25.6 Å². The molecule has 4 nitrogen and oxygen atoms in total. The molecule has 1 aromatic heterocycles. The van der Waals surface area contributed by atoms with E-state index < -0.39 is 0 Å². The maximum absolute atomic E-state index is 6.07. The second-order valence-corrected chi connectivity index (χ2v) is 7.95. The van der Waals surface area contributed by atoms with Crippen molar-refractivity contribution >= 4 is 35.0 Å². The van der Waals surface area contributed by atoms with Crippen molar-refractivity contribution in [3.63, 3.8) is 0 Å². The number of nitrogens with zero attached hydrogens (tertiary/aromatic N) is 3. The first-order valence-corrected chi connectivity index (χ1v) is 10.4. The SMILES string of the molecule is COc1ccc(CCCc2nnc(SCc3ccc(Cl)c(Cl)c3)n2C)cc1. The van der Waals surface area contributed by atoms with Crippen LogP contribution >= 0.6 is 35.0 Å². The summed E-state index contributed by atoms with van der Waals surface area (Å²) in [6.45, 7) is 0. The van der Waals surface area contributed by atoms with Gasteiger partial charge >= 0.3 is 0 Å². The zero-order valence-electron chi connectivity index (χ0n) is 15.3. The number of aryl methyl sites for hydroxylation is 2. The molecule has 0 saturated carbocycles. The maximum Gasteiger partial charge on any atom is 0.191 e. The summed E-state index contributed by atoms with van der Waals surface area (Å²) in [5.41, 5.74) is 2.41. The van der Waals surface area contributed by atoms with Crippen LogP contribution < -0.4 is 4.74 Å². The summed E-state index contributed by atoms with van der Waals surface area (Å²) in [6.07, 6.45) is 2.92. The van der Waals surface area contributed by atoms with Crippen LogP contribution in [-0.4, -0.2) is 21.9 Å². The van der Waals surface area contributed by atoms with E-state index in [2.05, 4.69) is 26.9 Å². The van der Waals surface area contributed by atoms with Gasteiger partial charge in [-0.2, -0.15) is 0 Å². The van der Waals surface area contributed by atoms with E-state index >= 15 is 0 Å². The molecule has 2 aromatic carbocycles. The monoisotopic (exact) mass is 421 g/mol. The largest absolute Gasteiger partial charge is 0.497 e. The molecule has 27 heavy (non-hydrogen) atoms. The third kappa shape index (κ3) is 5.41. The van der Waals surface area contributed by atoms with Gasteiger partial charge in [0.2, 0.25) is 0 Å². The predicted octanol–water partition coefficient (Wildman–Crippen LogP) is 5.60. The molecule has 3 rings (SSSR count). The molecule has 3 aromatic rings. The van der Waals surface area contributed by atoms with Crippen molar-refractivity contribution in [1.82, 2.24) is 14.8 Å². The highest BCUT2D eigenvalue weighted by molar-refractivity contribution is 7.98. The summed E-state index contributed by atoms with van der Waals surface area (Å²) in [4.78, 5) is 0. The molecular formula is C20H21Cl2N3OS. The van der Waals surface area contributed by atoms with Crippen LogP contribution in [0, 0.1) is 0 Å². The topological polar surface area (TPSA) is 39.9 Å². The summed E-state index contributed by atoms with van der Waals surface area (Å²) in [5.74, 6) is 2.66. The molecule has 0 aliphatic heterocycles. The molecule has 0 saturated heterocycles. The van der Waals surface area contributed by atoms with E-state index in [9.17, 15) is 0 Å². The van der Waals surface area contributed by atoms with Crippen LogP contribution in [0.1, 0.15) is 23.4 Å². The van der Waals surface area contributed by atoms with Crippen molar-refractivity contribution in [1.29, 1.82) is 0 Å². The first-order chi connectivity index (χ1) is 13.1. The van der Waals surface area contributed by atoms with E-state index in [-0.39, 0.29) is 0 Å². The molecule has 0 fully saturated rings. The molecule has 0 bridgehead atoms. The van der Waals surface area contributed by atoms with E-state index in [0.717, 1.165) is 47.3 Å². The highest BCUT2D eigenvalue weighted by Crippen LogP contribution is 2.27. The lowest BCUT2D eigenvalue weighted by atomic mass is 10.1. The number of thioether (sulfide) groups is 1. The van der Waals surface area contributed by atoms with Crippen LogP contribution in [0.15, 0.2) is 47.6 Å². The smallest absolute Gasteiger partial charge is 0.191 e. The average molecular weight is 422 g/mol. The third-order valence-corrected chi connectivity index (χ3v) is 6.13. The number of ether oxygens (including phenoxy) is 1. The number of aromatic nitrogens is 3. The second kappa shape index (κ2) is 9.49. The number of halogens is 2. The number of hydrogen-bond donors (Lipinski definition) is 0. The zero-order chi connectivity index (χ0) is 19.2. The molecule has 0 spiro atoms. The van der Waals surface area contributed by atoms with Gasteiger partial charge in [0.1, 0.15) is 11.6 Å². The Morgan fingerprint density at radius 3 is 2.41 bits per heavy atom. The minimum Gasteiger partial charge on any atom is -0.497 e. The molecule has 1 heterocycles. The average Bonchev–Trinajstić information content (AvgIpc) is 3.03. The van der Waals surface area contributed by atoms with Gasteiger partial charge in [0.05, 0.1) is 17.2 Å². The molecule has 0 atom stereocenters. The highest BCUT2D eigenvalue weighted by Gasteiger charge is 2.10. The lowest BCUT2D eigenvalue weighted by molar-refractivity contribution is 0.414. The van der Waals surface area contributed by atoms with E-state index in [1.54, 1.807) is 18.9 Å². The summed E-state index contributed by atoms with van der Waals surface area (Å²) in [7, 11) is 3.69. The number of methoxy groups -OCH3 is 1. The Balaban J connectivity index is 1.52. The van der Waals surface area contributed by atoms with Gasteiger partial charge in [-0.25, -0.2) is 0 Å². The molecule has 0 N–H and O–H groups in total. The van der Waals surface area contributed by atoms with Crippen LogP contribution in [0.3, 0.4) is 0 Å². The maximum atomic E-state index is 6.07. The van der Waals surface area contributed by atoms with Crippen LogP contribution in [0.2, 0.25) is 10.0 Å². The van der Waals surface area contributed by atoms with Gasteiger partial charge in [0.15, 0.2) is 5.16 Å². The Bertz CT molecular complexity index is 897. The van der Waals surface area contributed by atoms with Crippen molar-refractivity contribution in [3.8, 4) is 5.75 Å². The van der Waals surface area contributed by atoms with Crippen molar-refractivity contribution in [2.75, 3.05) is 7.11 Å². The van der Waals surface area contributed by atoms with Crippen LogP contribution in [0.4, 0.5) is 0 Å². The first kappa shape index (κ1) is 20.1. The quantitative estimate of drug-likeness (QED) is 0.443. The van der Waals surface area contributed by atoms with Crippen molar-refractivity contribution in [3.05, 3.63) is 69.5 Å². The normalized spacial score (nSPS) is 11.0.